The fourth-order valence-electron chi connectivity index (χ4n) is 0. The first kappa shape index (κ1) is 41.5. The zero-order valence-corrected chi connectivity index (χ0v) is 9.68. The minimum absolute atomic E-state index is 0. The normalized spacial score (nSPS) is 0. The van der Waals surface area contributed by atoms with Gasteiger partial charge in [-0.15, -0.1) is 0 Å². The molecule has 0 saturated carbocycles. The molecule has 4 heteroatoms. The van der Waals surface area contributed by atoms with Gasteiger partial charge in [-0.05, 0) is 0 Å². The number of rotatable bonds is 0. The minimum atomic E-state index is 0. The van der Waals surface area contributed by atoms with Gasteiger partial charge in [0, 0.05) is 65.1 Å². The molecule has 0 rings (SSSR count). The fourth-order valence-corrected chi connectivity index (χ4v) is 0. The third-order valence-corrected chi connectivity index (χ3v) is 0. The van der Waals surface area contributed by atoms with E-state index in [0.29, 0.717) is 0 Å². The van der Waals surface area contributed by atoms with Gasteiger partial charge in [0.15, 0.2) is 0 Å². The molecule has 14 valence electrons. The van der Waals surface area contributed by atoms with Crippen LogP contribution in [0.3, 0.4) is 0 Å². The van der Waals surface area contributed by atoms with E-state index in [-0.39, 0.29) is 65.1 Å². The molecule has 0 aliphatic rings. The van der Waals surface area contributed by atoms with Crippen molar-refractivity contribution in [2.45, 2.75) is 0 Å². The Kier molecular flexibility index (Phi) is 223. The summed E-state index contributed by atoms with van der Waals surface area (Å²) in [5.41, 5.74) is 0. The summed E-state index contributed by atoms with van der Waals surface area (Å²) in [4.78, 5) is 0. The van der Waals surface area contributed by atoms with Gasteiger partial charge in [-0.2, -0.15) is 0 Å². The molecule has 0 saturated heterocycles. The Bertz CT molecular complexity index is 8.00. The molecule has 0 atom stereocenters. The van der Waals surface area contributed by atoms with Crippen molar-refractivity contribution in [1.29, 1.82) is 0 Å². The first-order valence-electron chi connectivity index (χ1n) is 0. The summed E-state index contributed by atoms with van der Waals surface area (Å²) in [7, 11) is 0. The maximum Gasteiger partial charge on any atom is 0 e. The second-order valence-corrected chi connectivity index (χ2v) is 0. The van der Waals surface area contributed by atoms with Crippen LogP contribution in [0.25, 0.3) is 0 Å². The van der Waals surface area contributed by atoms with Crippen LogP contribution in [-0.4, -0.2) is 45.6 Å². The second-order valence-electron chi connectivity index (χ2n) is 0. The van der Waals surface area contributed by atoms with Crippen LogP contribution in [0.15, 0.2) is 0 Å². The molecule has 0 heterocycles. The topological polar surface area (TPSA) is 0 Å². The molecule has 0 unspecified atom stereocenters. The van der Waals surface area contributed by atoms with Gasteiger partial charge in [-0.25, -0.2) is 0 Å². The van der Waals surface area contributed by atoms with Crippen LogP contribution in [0.5, 0.6) is 0 Å². The van der Waals surface area contributed by atoms with Crippen molar-refractivity contribution in [3.63, 3.8) is 0 Å². The van der Waals surface area contributed by atoms with Gasteiger partial charge in [-0.1, -0.05) is 0 Å². The summed E-state index contributed by atoms with van der Waals surface area (Å²) in [6, 6.07) is 0. The maximum absolute atomic E-state index is 0. The molecule has 10 radical (unpaired) electrons. The molecule has 0 aliphatic carbocycles. The van der Waals surface area contributed by atoms with E-state index in [2.05, 4.69) is 0 Å². The Morgan fingerprint density at radius 3 is 1.00 bits per heavy atom. The van der Waals surface area contributed by atoms with Crippen molar-refractivity contribution >= 4 is 45.6 Å². The van der Waals surface area contributed by atoms with Gasteiger partial charge < -0.3 is 0 Å². The molecule has 0 amide bonds. The van der Waals surface area contributed by atoms with E-state index >= 15 is 0 Å². The van der Waals surface area contributed by atoms with E-state index < -0.39 is 0 Å². The Morgan fingerprint density at radius 1 is 1.00 bits per heavy atom. The minimum Gasteiger partial charge on any atom is 0 e. The summed E-state index contributed by atoms with van der Waals surface area (Å²) in [5, 5.41) is 0. The molecular weight excluding hydrogens is 313 g/mol. The smallest absolute Gasteiger partial charge is 0 e. The second kappa shape index (κ2) is 21.5. The summed E-state index contributed by atoms with van der Waals surface area (Å²) in [6.45, 7) is 0. The number of hydrogen-bond acceptors (Lipinski definition) is 0. The van der Waals surface area contributed by atoms with E-state index in [1.54, 1.807) is 0 Å². The fraction of sp³-hybridized carbons (Fsp3) is 0. The molecule has 4 heavy (non-hydrogen) atoms. The van der Waals surface area contributed by atoms with Crippen LogP contribution < -0.4 is 0 Å². The van der Waals surface area contributed by atoms with Crippen molar-refractivity contribution < 1.29 is 19.5 Å². The zero-order chi connectivity index (χ0) is 0. The number of hydrogen-bond donors (Lipinski definition) is 0. The summed E-state index contributed by atoms with van der Waals surface area (Å²) < 4.78 is 0. The van der Waals surface area contributed by atoms with E-state index in [1.165, 1.54) is 0 Å². The van der Waals surface area contributed by atoms with E-state index in [4.69, 9.17) is 0 Å². The first-order valence-corrected chi connectivity index (χ1v) is 0. The molecular formula is BBiSiZn. The zero-order valence-electron chi connectivity index (χ0n) is 2.23. The third-order valence-electron chi connectivity index (χ3n) is 0. The maximum atomic E-state index is 0. The molecule has 0 aromatic carbocycles. The van der Waals surface area contributed by atoms with Crippen molar-refractivity contribution in [3.8, 4) is 0 Å². The van der Waals surface area contributed by atoms with Crippen molar-refractivity contribution in [2.75, 3.05) is 0 Å². The van der Waals surface area contributed by atoms with Crippen LogP contribution in [-0.2, 0) is 19.5 Å². The van der Waals surface area contributed by atoms with Gasteiger partial charge in [-0.3, -0.25) is 0 Å². The monoisotopic (exact) mass is 312 g/mol. The summed E-state index contributed by atoms with van der Waals surface area (Å²) in [6.07, 6.45) is 0. The molecule has 0 aliphatic heterocycles. The Balaban J connectivity index is 0. The molecule has 0 spiro atoms. The van der Waals surface area contributed by atoms with Gasteiger partial charge in [0.25, 0.3) is 0 Å². The quantitative estimate of drug-likeness (QED) is 0.496. The Labute approximate surface area is 64.6 Å². The van der Waals surface area contributed by atoms with Crippen LogP contribution in [0, 0.1) is 0 Å². The Hall–Kier alpha value is 1.79. The van der Waals surface area contributed by atoms with E-state index in [0.717, 1.165) is 0 Å². The summed E-state index contributed by atoms with van der Waals surface area (Å²) >= 11 is 0. The third kappa shape index (κ3) is 9.21. The van der Waals surface area contributed by atoms with Gasteiger partial charge in [0.1, 0.15) is 0 Å². The Morgan fingerprint density at radius 2 is 1.00 bits per heavy atom. The van der Waals surface area contributed by atoms with Crippen LogP contribution in [0.2, 0.25) is 0 Å². The van der Waals surface area contributed by atoms with Crippen LogP contribution >= 0.6 is 0 Å². The SMILES string of the molecule is [B].[Bi].[Si].[Zn]. The molecule has 0 fully saturated rings. The molecule has 0 aromatic heterocycles. The van der Waals surface area contributed by atoms with E-state index in [9.17, 15) is 0 Å². The molecule has 0 nitrogen and oxygen atoms in total. The van der Waals surface area contributed by atoms with E-state index in [1.807, 2.05) is 0 Å². The van der Waals surface area contributed by atoms with Gasteiger partial charge in [0.05, 0.1) is 0 Å². The molecule has 0 aromatic rings. The standard InChI is InChI=1S/B.Bi.Si.Zn. The van der Waals surface area contributed by atoms with Crippen LogP contribution in [0.1, 0.15) is 0 Å². The van der Waals surface area contributed by atoms with Crippen molar-refractivity contribution in [3.05, 3.63) is 0 Å². The molecule has 0 N–H and O–H groups in total. The van der Waals surface area contributed by atoms with Gasteiger partial charge >= 0.3 is 0 Å². The van der Waals surface area contributed by atoms with Crippen molar-refractivity contribution in [2.24, 2.45) is 0 Å². The van der Waals surface area contributed by atoms with Crippen molar-refractivity contribution in [1.82, 2.24) is 0 Å². The van der Waals surface area contributed by atoms with Gasteiger partial charge in [0.2, 0.25) is 0 Å². The summed E-state index contributed by atoms with van der Waals surface area (Å²) in [5.74, 6) is 0. The average Bonchev–Trinajstić information content (AvgIpc) is 0. The largest absolute Gasteiger partial charge is 0 e. The van der Waals surface area contributed by atoms with Crippen LogP contribution in [0.4, 0.5) is 0 Å². The molecule has 0 bridgehead atoms. The average molecular weight is 313 g/mol. The predicted octanol–water partition coefficient (Wildman–Crippen LogP) is -1.14. The predicted molar refractivity (Wildman–Crippen MR) is 17.3 cm³/mol. The first-order chi connectivity index (χ1) is 0.